The van der Waals surface area contributed by atoms with Crippen LogP contribution in [-0.2, 0) is 6.42 Å². The summed E-state index contributed by atoms with van der Waals surface area (Å²) in [7, 11) is 0. The number of aromatic nitrogens is 3. The Bertz CT molecular complexity index is 825. The van der Waals surface area contributed by atoms with Gasteiger partial charge in [0.2, 0.25) is 0 Å². The molecule has 0 aromatic carbocycles. The van der Waals surface area contributed by atoms with Gasteiger partial charge in [-0.15, -0.1) is 0 Å². The first-order chi connectivity index (χ1) is 12.3. The number of rotatable bonds is 3. The van der Waals surface area contributed by atoms with E-state index in [1.807, 2.05) is 6.92 Å². The molecule has 1 fully saturated rings. The molecule has 2 aromatic heterocycles. The van der Waals surface area contributed by atoms with Crippen molar-refractivity contribution < 1.29 is 13.2 Å². The molecule has 0 bridgehead atoms. The Labute approximate surface area is 154 Å². The molecular formula is C18H19ClF3N3O. The molecule has 0 unspecified atom stereocenters. The second-order valence-corrected chi connectivity index (χ2v) is 6.99. The molecule has 26 heavy (non-hydrogen) atoms. The van der Waals surface area contributed by atoms with Gasteiger partial charge in [0, 0.05) is 23.9 Å². The molecule has 4 nitrogen and oxygen atoms in total. The van der Waals surface area contributed by atoms with Crippen LogP contribution in [-0.4, -0.2) is 20.7 Å². The summed E-state index contributed by atoms with van der Waals surface area (Å²) in [5.74, 6) is -0.612. The molecule has 1 aliphatic rings. The van der Waals surface area contributed by atoms with Crippen molar-refractivity contribution >= 4 is 11.6 Å². The van der Waals surface area contributed by atoms with E-state index in [1.54, 1.807) is 12.1 Å². The summed E-state index contributed by atoms with van der Waals surface area (Å²) in [6, 6.07) is 4.68. The molecule has 0 radical (unpaired) electrons. The zero-order valence-corrected chi connectivity index (χ0v) is 15.0. The number of alkyl halides is 3. The van der Waals surface area contributed by atoms with Crippen molar-refractivity contribution in [2.75, 3.05) is 0 Å². The molecule has 1 saturated carbocycles. The maximum Gasteiger partial charge on any atom is 0.391 e. The van der Waals surface area contributed by atoms with Crippen molar-refractivity contribution in [2.45, 2.75) is 51.1 Å². The minimum Gasteiger partial charge on any atom is -0.269 e. The SMILES string of the molecule is CCc1cc(=O)n(-c2ccc(Cl)cn2)c([C@H]2CC[C@@H](C(F)(F)F)CC2)n1. The monoisotopic (exact) mass is 385 g/mol. The molecule has 140 valence electrons. The molecule has 0 saturated heterocycles. The molecule has 2 heterocycles. The van der Waals surface area contributed by atoms with Crippen molar-refractivity contribution in [1.29, 1.82) is 0 Å². The van der Waals surface area contributed by atoms with E-state index in [0.29, 0.717) is 41.6 Å². The van der Waals surface area contributed by atoms with Crippen molar-refractivity contribution in [3.05, 3.63) is 51.3 Å². The van der Waals surface area contributed by atoms with Gasteiger partial charge < -0.3 is 0 Å². The summed E-state index contributed by atoms with van der Waals surface area (Å²) in [5, 5.41) is 0.437. The molecule has 2 aromatic rings. The van der Waals surface area contributed by atoms with Gasteiger partial charge in [-0.25, -0.2) is 14.5 Å². The lowest BCUT2D eigenvalue weighted by Gasteiger charge is -2.30. The fourth-order valence-electron chi connectivity index (χ4n) is 3.41. The maximum atomic E-state index is 12.9. The summed E-state index contributed by atoms with van der Waals surface area (Å²) in [6.45, 7) is 1.89. The highest BCUT2D eigenvalue weighted by Gasteiger charge is 2.42. The first-order valence-electron chi connectivity index (χ1n) is 8.61. The fraction of sp³-hybridized carbons (Fsp3) is 0.500. The third-order valence-corrected chi connectivity index (χ3v) is 5.08. The number of halogens is 4. The first kappa shape index (κ1) is 18.9. The molecule has 8 heteroatoms. The predicted molar refractivity (Wildman–Crippen MR) is 92.8 cm³/mol. The average Bonchev–Trinajstić information content (AvgIpc) is 2.61. The molecule has 0 spiro atoms. The molecule has 0 amide bonds. The first-order valence-corrected chi connectivity index (χ1v) is 8.99. The third-order valence-electron chi connectivity index (χ3n) is 4.86. The van der Waals surface area contributed by atoms with Crippen LogP contribution in [0.2, 0.25) is 5.02 Å². The Morgan fingerprint density at radius 2 is 1.92 bits per heavy atom. The van der Waals surface area contributed by atoms with E-state index in [9.17, 15) is 18.0 Å². The second-order valence-electron chi connectivity index (χ2n) is 6.56. The van der Waals surface area contributed by atoms with Gasteiger partial charge in [0.05, 0.1) is 10.9 Å². The lowest BCUT2D eigenvalue weighted by molar-refractivity contribution is -0.182. The Morgan fingerprint density at radius 3 is 2.46 bits per heavy atom. The van der Waals surface area contributed by atoms with Gasteiger partial charge in [0.1, 0.15) is 11.6 Å². The molecule has 1 aliphatic carbocycles. The summed E-state index contributed by atoms with van der Waals surface area (Å²) in [6.07, 6.45) is -1.37. The minimum atomic E-state index is -4.17. The smallest absolute Gasteiger partial charge is 0.269 e. The molecule has 0 N–H and O–H groups in total. The van der Waals surface area contributed by atoms with Crippen molar-refractivity contribution in [2.24, 2.45) is 5.92 Å². The Hall–Kier alpha value is -1.89. The normalized spacial score (nSPS) is 21.0. The minimum absolute atomic E-state index is 0.0500. The molecule has 0 aliphatic heterocycles. The van der Waals surface area contributed by atoms with E-state index < -0.39 is 12.1 Å². The largest absolute Gasteiger partial charge is 0.391 e. The summed E-state index contributed by atoms with van der Waals surface area (Å²) >= 11 is 5.86. The Kier molecular flexibility index (Phi) is 5.37. The van der Waals surface area contributed by atoms with Crippen LogP contribution in [0.15, 0.2) is 29.2 Å². The topological polar surface area (TPSA) is 47.8 Å². The highest BCUT2D eigenvalue weighted by Crippen LogP contribution is 2.42. The van der Waals surface area contributed by atoms with Gasteiger partial charge in [-0.05, 0) is 44.2 Å². The summed E-state index contributed by atoms with van der Waals surface area (Å²) in [4.78, 5) is 21.4. The Balaban J connectivity index is 1.99. The van der Waals surface area contributed by atoms with Gasteiger partial charge in [0.25, 0.3) is 5.56 Å². The Morgan fingerprint density at radius 1 is 1.23 bits per heavy atom. The molecule has 0 atom stereocenters. The maximum absolute atomic E-state index is 12.9. The lowest BCUT2D eigenvalue weighted by Crippen LogP contribution is -2.31. The van der Waals surface area contributed by atoms with E-state index in [-0.39, 0.29) is 24.3 Å². The average molecular weight is 386 g/mol. The number of hydrogen-bond acceptors (Lipinski definition) is 3. The van der Waals surface area contributed by atoms with E-state index in [0.717, 1.165) is 0 Å². The number of pyridine rings is 1. The number of hydrogen-bond donors (Lipinski definition) is 0. The van der Waals surface area contributed by atoms with Crippen LogP contribution in [0.4, 0.5) is 13.2 Å². The lowest BCUT2D eigenvalue weighted by atomic mass is 9.81. The zero-order chi connectivity index (χ0) is 18.9. The number of aryl methyl sites for hydroxylation is 1. The quantitative estimate of drug-likeness (QED) is 0.770. The van der Waals surface area contributed by atoms with Gasteiger partial charge >= 0.3 is 6.18 Å². The van der Waals surface area contributed by atoms with E-state index in [2.05, 4.69) is 9.97 Å². The highest BCUT2D eigenvalue weighted by molar-refractivity contribution is 6.30. The van der Waals surface area contributed by atoms with Crippen LogP contribution in [0, 0.1) is 5.92 Å². The summed E-state index contributed by atoms with van der Waals surface area (Å²) < 4.78 is 40.2. The zero-order valence-electron chi connectivity index (χ0n) is 14.3. The van der Waals surface area contributed by atoms with Crippen LogP contribution in [0.3, 0.4) is 0 Å². The second kappa shape index (κ2) is 7.39. The van der Waals surface area contributed by atoms with Gasteiger partial charge in [-0.1, -0.05) is 18.5 Å². The molecule has 3 rings (SSSR count). The van der Waals surface area contributed by atoms with Crippen LogP contribution in [0.25, 0.3) is 5.82 Å². The van der Waals surface area contributed by atoms with Gasteiger partial charge in [-0.3, -0.25) is 4.79 Å². The fourth-order valence-corrected chi connectivity index (χ4v) is 3.53. The van der Waals surface area contributed by atoms with Crippen molar-refractivity contribution in [3.8, 4) is 5.82 Å². The highest BCUT2D eigenvalue weighted by atomic mass is 35.5. The predicted octanol–water partition coefficient (Wildman–Crippen LogP) is 4.68. The van der Waals surface area contributed by atoms with Gasteiger partial charge in [-0.2, -0.15) is 13.2 Å². The van der Waals surface area contributed by atoms with Crippen molar-refractivity contribution in [3.63, 3.8) is 0 Å². The van der Waals surface area contributed by atoms with E-state index in [1.165, 1.54) is 16.8 Å². The standard InChI is InChI=1S/C18H19ClF3N3O/c1-2-14-9-16(26)25(15-8-7-13(19)10-23-15)17(24-14)11-3-5-12(6-4-11)18(20,21)22/h7-12H,2-6H2,1H3/t11-,12+. The van der Waals surface area contributed by atoms with E-state index in [4.69, 9.17) is 11.6 Å². The summed E-state index contributed by atoms with van der Waals surface area (Å²) in [5.41, 5.74) is 0.354. The van der Waals surface area contributed by atoms with Crippen LogP contribution < -0.4 is 5.56 Å². The van der Waals surface area contributed by atoms with Crippen LogP contribution >= 0.6 is 11.6 Å². The van der Waals surface area contributed by atoms with E-state index >= 15 is 0 Å². The number of nitrogens with zero attached hydrogens (tertiary/aromatic N) is 3. The van der Waals surface area contributed by atoms with Crippen molar-refractivity contribution in [1.82, 2.24) is 14.5 Å². The third kappa shape index (κ3) is 3.92. The van der Waals surface area contributed by atoms with Crippen LogP contribution in [0.5, 0.6) is 0 Å². The van der Waals surface area contributed by atoms with Crippen LogP contribution in [0.1, 0.15) is 50.0 Å². The van der Waals surface area contributed by atoms with Gasteiger partial charge in [0.15, 0.2) is 0 Å². The molecular weight excluding hydrogens is 367 g/mol.